The summed E-state index contributed by atoms with van der Waals surface area (Å²) in [5, 5.41) is 7.52. The molecule has 2 aromatic rings. The Hall–Kier alpha value is -1.88. The number of anilines is 1. The maximum Gasteiger partial charge on any atom is 0.224 e. The van der Waals surface area contributed by atoms with Crippen molar-refractivity contribution in [1.82, 2.24) is 20.5 Å². The summed E-state index contributed by atoms with van der Waals surface area (Å²) in [7, 11) is 1.73. The van der Waals surface area contributed by atoms with Crippen molar-refractivity contribution >= 4 is 52.9 Å². The number of thiazole rings is 1. The lowest BCUT2D eigenvalue weighted by atomic mass is 10.2. The summed E-state index contributed by atoms with van der Waals surface area (Å²) in [6.45, 7) is 8.58. The van der Waals surface area contributed by atoms with Crippen molar-refractivity contribution in [1.29, 1.82) is 0 Å². The van der Waals surface area contributed by atoms with E-state index >= 15 is 0 Å². The Bertz CT molecular complexity index is 814. The number of aromatic nitrogens is 1. The molecule has 3 rings (SSSR count). The van der Waals surface area contributed by atoms with E-state index in [4.69, 9.17) is 0 Å². The number of benzene rings is 1. The molecule has 0 bridgehead atoms. The fraction of sp³-hybridized carbons (Fsp3) is 0.476. The van der Waals surface area contributed by atoms with E-state index in [1.807, 2.05) is 17.9 Å². The van der Waals surface area contributed by atoms with Crippen molar-refractivity contribution in [2.45, 2.75) is 26.8 Å². The van der Waals surface area contributed by atoms with E-state index < -0.39 is 0 Å². The number of hydrogen-bond donors (Lipinski definition) is 2. The van der Waals surface area contributed by atoms with Gasteiger partial charge in [0.2, 0.25) is 5.91 Å². The molecule has 0 aliphatic carbocycles. The van der Waals surface area contributed by atoms with Crippen LogP contribution in [0.15, 0.2) is 35.3 Å². The van der Waals surface area contributed by atoms with Crippen LogP contribution in [0.5, 0.6) is 0 Å². The van der Waals surface area contributed by atoms with Gasteiger partial charge >= 0.3 is 0 Å². The average Bonchev–Trinajstić information content (AvgIpc) is 3.08. The van der Waals surface area contributed by atoms with E-state index in [0.29, 0.717) is 25.5 Å². The highest BCUT2D eigenvalue weighted by Crippen LogP contribution is 2.16. The molecule has 0 unspecified atom stereocenters. The predicted octanol–water partition coefficient (Wildman–Crippen LogP) is 2.78. The summed E-state index contributed by atoms with van der Waals surface area (Å²) in [4.78, 5) is 26.8. The van der Waals surface area contributed by atoms with E-state index in [1.165, 1.54) is 10.6 Å². The quantitative estimate of drug-likeness (QED) is 0.334. The Morgan fingerprint density at radius 1 is 1.13 bits per heavy atom. The zero-order valence-electron chi connectivity index (χ0n) is 17.9. The van der Waals surface area contributed by atoms with Gasteiger partial charge in [0.25, 0.3) is 0 Å². The number of para-hydroxylation sites is 1. The molecule has 1 aromatic heterocycles. The van der Waals surface area contributed by atoms with Gasteiger partial charge in [-0.1, -0.05) is 18.2 Å². The number of piperazine rings is 1. The van der Waals surface area contributed by atoms with Gasteiger partial charge in [0, 0.05) is 56.8 Å². The smallest absolute Gasteiger partial charge is 0.224 e. The van der Waals surface area contributed by atoms with Gasteiger partial charge in [0.1, 0.15) is 5.01 Å². The number of hydrogen-bond acceptors (Lipinski definition) is 5. The summed E-state index contributed by atoms with van der Waals surface area (Å²) < 4.78 is 0. The van der Waals surface area contributed by atoms with E-state index in [0.717, 1.165) is 36.9 Å². The number of halogens is 1. The maximum atomic E-state index is 12.5. The van der Waals surface area contributed by atoms with Gasteiger partial charge in [-0.15, -0.1) is 35.3 Å². The van der Waals surface area contributed by atoms with Gasteiger partial charge in [-0.2, -0.15) is 0 Å². The van der Waals surface area contributed by atoms with Crippen molar-refractivity contribution in [3.63, 3.8) is 0 Å². The predicted molar refractivity (Wildman–Crippen MR) is 135 cm³/mol. The number of carbonyl (C=O) groups is 1. The fourth-order valence-electron chi connectivity index (χ4n) is 3.29. The number of carbonyl (C=O) groups excluding carboxylic acids is 1. The van der Waals surface area contributed by atoms with Crippen LogP contribution in [0.3, 0.4) is 0 Å². The normalized spacial score (nSPS) is 14.3. The highest BCUT2D eigenvalue weighted by atomic mass is 127. The SMILES string of the molecule is CN=C(NCCC(=O)N1CCN(c2ccccc2)CC1)NCc1nc(C)c(C)s1.I. The minimum absolute atomic E-state index is 0. The second-order valence-corrected chi connectivity index (χ2v) is 8.34. The number of rotatable bonds is 6. The van der Waals surface area contributed by atoms with Gasteiger partial charge in [0.15, 0.2) is 5.96 Å². The number of nitrogens with one attached hydrogen (secondary N) is 2. The molecule has 0 spiro atoms. The van der Waals surface area contributed by atoms with Crippen molar-refractivity contribution in [2.75, 3.05) is 44.7 Å². The van der Waals surface area contributed by atoms with Gasteiger partial charge in [-0.05, 0) is 26.0 Å². The topological polar surface area (TPSA) is 72.9 Å². The molecule has 9 heteroatoms. The molecule has 1 amide bonds. The first-order valence-electron chi connectivity index (χ1n) is 10.0. The summed E-state index contributed by atoms with van der Waals surface area (Å²) in [5.41, 5.74) is 2.30. The van der Waals surface area contributed by atoms with Crippen LogP contribution in [0.1, 0.15) is 22.0 Å². The third-order valence-corrected chi connectivity index (χ3v) is 6.16. The van der Waals surface area contributed by atoms with Crippen LogP contribution in [0, 0.1) is 13.8 Å². The summed E-state index contributed by atoms with van der Waals surface area (Å²) in [5.74, 6) is 0.879. The zero-order chi connectivity index (χ0) is 20.6. The van der Waals surface area contributed by atoms with E-state index in [9.17, 15) is 4.79 Å². The number of aliphatic imine (C=N–C) groups is 1. The van der Waals surface area contributed by atoms with Crippen LogP contribution >= 0.6 is 35.3 Å². The molecule has 1 fully saturated rings. The monoisotopic (exact) mass is 542 g/mol. The van der Waals surface area contributed by atoms with E-state index in [1.54, 1.807) is 18.4 Å². The number of amides is 1. The Morgan fingerprint density at radius 3 is 2.43 bits per heavy atom. The van der Waals surface area contributed by atoms with Gasteiger partial charge in [-0.25, -0.2) is 4.98 Å². The van der Waals surface area contributed by atoms with Crippen LogP contribution in [0.2, 0.25) is 0 Å². The van der Waals surface area contributed by atoms with Crippen molar-refractivity contribution < 1.29 is 4.79 Å². The van der Waals surface area contributed by atoms with Crippen LogP contribution < -0.4 is 15.5 Å². The van der Waals surface area contributed by atoms with Crippen molar-refractivity contribution in [3.8, 4) is 0 Å². The molecule has 1 aliphatic rings. The first-order chi connectivity index (χ1) is 14.1. The molecular formula is C21H31IN6OS. The van der Waals surface area contributed by atoms with Crippen molar-refractivity contribution in [2.24, 2.45) is 4.99 Å². The largest absolute Gasteiger partial charge is 0.368 e. The lowest BCUT2D eigenvalue weighted by Crippen LogP contribution is -2.49. The van der Waals surface area contributed by atoms with Crippen LogP contribution in [-0.2, 0) is 11.3 Å². The molecule has 1 aliphatic heterocycles. The van der Waals surface area contributed by atoms with Gasteiger partial charge in [0.05, 0.1) is 12.2 Å². The minimum Gasteiger partial charge on any atom is -0.368 e. The third-order valence-electron chi connectivity index (χ3n) is 5.09. The molecule has 1 aromatic carbocycles. The molecule has 30 heavy (non-hydrogen) atoms. The van der Waals surface area contributed by atoms with E-state index in [-0.39, 0.29) is 29.9 Å². The van der Waals surface area contributed by atoms with Crippen LogP contribution in [-0.4, -0.2) is 61.5 Å². The minimum atomic E-state index is 0. The third kappa shape index (κ3) is 6.83. The number of aryl methyl sites for hydroxylation is 2. The Kier molecular flexibility index (Phi) is 9.83. The molecule has 2 N–H and O–H groups in total. The lowest BCUT2D eigenvalue weighted by molar-refractivity contribution is -0.131. The number of nitrogens with zero attached hydrogens (tertiary/aromatic N) is 4. The first-order valence-corrected chi connectivity index (χ1v) is 10.8. The molecule has 0 radical (unpaired) electrons. The summed E-state index contributed by atoms with van der Waals surface area (Å²) >= 11 is 1.69. The summed E-state index contributed by atoms with van der Waals surface area (Å²) in [6, 6.07) is 10.4. The zero-order valence-corrected chi connectivity index (χ0v) is 21.0. The lowest BCUT2D eigenvalue weighted by Gasteiger charge is -2.36. The molecule has 0 saturated carbocycles. The molecule has 1 saturated heterocycles. The Morgan fingerprint density at radius 2 is 1.83 bits per heavy atom. The van der Waals surface area contributed by atoms with E-state index in [2.05, 4.69) is 56.7 Å². The molecular weight excluding hydrogens is 511 g/mol. The Labute approximate surface area is 200 Å². The first kappa shape index (κ1) is 24.4. The highest BCUT2D eigenvalue weighted by molar-refractivity contribution is 14.0. The Balaban J connectivity index is 0.00000320. The molecule has 164 valence electrons. The number of guanidine groups is 1. The highest BCUT2D eigenvalue weighted by Gasteiger charge is 2.20. The fourth-order valence-corrected chi connectivity index (χ4v) is 4.17. The second-order valence-electron chi connectivity index (χ2n) is 7.06. The molecule has 2 heterocycles. The summed E-state index contributed by atoms with van der Waals surface area (Å²) in [6.07, 6.45) is 0.460. The van der Waals surface area contributed by atoms with Crippen LogP contribution in [0.25, 0.3) is 0 Å². The van der Waals surface area contributed by atoms with Gasteiger partial charge in [-0.3, -0.25) is 9.79 Å². The standard InChI is InChI=1S/C21H30N6OS.HI/c1-16-17(2)29-19(25-16)15-24-21(22-3)23-10-9-20(28)27-13-11-26(12-14-27)18-7-5-4-6-8-18;/h4-8H,9-15H2,1-3H3,(H2,22,23,24);1H. The maximum absolute atomic E-state index is 12.5. The van der Waals surface area contributed by atoms with Crippen molar-refractivity contribution in [3.05, 3.63) is 45.9 Å². The molecule has 7 nitrogen and oxygen atoms in total. The van der Waals surface area contributed by atoms with Crippen LogP contribution in [0.4, 0.5) is 5.69 Å². The average molecular weight is 542 g/mol. The second kappa shape index (κ2) is 12.1. The van der Waals surface area contributed by atoms with Gasteiger partial charge < -0.3 is 20.4 Å². The molecule has 0 atom stereocenters.